The number of hydrogen-bond acceptors (Lipinski definition) is 9. The standard InChI is InChI=1S/C13H12N6O4S2/c1-2-24-13-17-16-12(25-13)15-11(20)10-4-3-9(23-10)7-18-6-8(5-14-18)19(21)22/h3-6H,2,7H2,1H3,(H,15,16,20). The van der Waals surface area contributed by atoms with E-state index in [1.165, 1.54) is 28.3 Å². The van der Waals surface area contributed by atoms with Gasteiger partial charge in [-0.15, -0.1) is 10.2 Å². The summed E-state index contributed by atoms with van der Waals surface area (Å²) in [5.74, 6) is 0.983. The van der Waals surface area contributed by atoms with E-state index in [0.717, 1.165) is 16.3 Å². The first kappa shape index (κ1) is 17.1. The third-order valence-electron chi connectivity index (χ3n) is 2.93. The third-order valence-corrected chi connectivity index (χ3v) is 4.78. The fourth-order valence-electron chi connectivity index (χ4n) is 1.88. The first-order valence-electron chi connectivity index (χ1n) is 7.08. The zero-order valence-corrected chi connectivity index (χ0v) is 14.5. The average molecular weight is 380 g/mol. The van der Waals surface area contributed by atoms with Gasteiger partial charge in [-0.25, -0.2) is 0 Å². The number of carbonyl (C=O) groups is 1. The van der Waals surface area contributed by atoms with Crippen LogP contribution in [0.1, 0.15) is 23.2 Å². The van der Waals surface area contributed by atoms with Gasteiger partial charge in [-0.2, -0.15) is 5.10 Å². The second kappa shape index (κ2) is 7.44. The van der Waals surface area contributed by atoms with Gasteiger partial charge in [-0.05, 0) is 17.9 Å². The third kappa shape index (κ3) is 4.22. The first-order chi connectivity index (χ1) is 12.0. The zero-order chi connectivity index (χ0) is 17.8. The lowest BCUT2D eigenvalue weighted by molar-refractivity contribution is -0.385. The van der Waals surface area contributed by atoms with Crippen LogP contribution in [0, 0.1) is 10.1 Å². The quantitative estimate of drug-likeness (QED) is 0.287. The molecule has 0 bridgehead atoms. The van der Waals surface area contributed by atoms with Crippen molar-refractivity contribution in [3.05, 3.63) is 46.2 Å². The molecular formula is C13H12N6O4S2. The van der Waals surface area contributed by atoms with Gasteiger partial charge >= 0.3 is 5.69 Å². The second-order valence-electron chi connectivity index (χ2n) is 4.68. The highest BCUT2D eigenvalue weighted by Gasteiger charge is 2.15. The molecule has 0 radical (unpaired) electrons. The summed E-state index contributed by atoms with van der Waals surface area (Å²) in [5.41, 5.74) is -0.110. The van der Waals surface area contributed by atoms with Crippen LogP contribution in [0.2, 0.25) is 0 Å². The minimum Gasteiger partial charge on any atom is -0.454 e. The summed E-state index contributed by atoms with van der Waals surface area (Å²) in [7, 11) is 0. The van der Waals surface area contributed by atoms with Gasteiger partial charge in [0.25, 0.3) is 5.91 Å². The van der Waals surface area contributed by atoms with Crippen LogP contribution in [0.15, 0.2) is 33.3 Å². The molecule has 0 aliphatic carbocycles. The fraction of sp³-hybridized carbons (Fsp3) is 0.231. The topological polar surface area (TPSA) is 129 Å². The summed E-state index contributed by atoms with van der Waals surface area (Å²) >= 11 is 2.83. The number of nitrogens with one attached hydrogen (secondary N) is 1. The smallest absolute Gasteiger partial charge is 0.307 e. The molecule has 3 aromatic rings. The molecule has 0 fully saturated rings. The Morgan fingerprint density at radius 1 is 1.48 bits per heavy atom. The van der Waals surface area contributed by atoms with E-state index in [9.17, 15) is 14.9 Å². The first-order valence-corrected chi connectivity index (χ1v) is 8.88. The largest absolute Gasteiger partial charge is 0.454 e. The molecule has 0 aliphatic rings. The minimum atomic E-state index is -0.530. The van der Waals surface area contributed by atoms with E-state index in [4.69, 9.17) is 4.42 Å². The predicted octanol–water partition coefficient (Wildman–Crippen LogP) is 2.65. The van der Waals surface area contributed by atoms with Gasteiger partial charge in [0.15, 0.2) is 10.1 Å². The number of anilines is 1. The zero-order valence-electron chi connectivity index (χ0n) is 12.9. The van der Waals surface area contributed by atoms with Crippen LogP contribution >= 0.6 is 23.1 Å². The molecule has 25 heavy (non-hydrogen) atoms. The van der Waals surface area contributed by atoms with Crippen molar-refractivity contribution in [2.24, 2.45) is 0 Å². The molecule has 3 heterocycles. The lowest BCUT2D eigenvalue weighted by Crippen LogP contribution is -2.10. The fourth-order valence-corrected chi connectivity index (χ4v) is 3.52. The molecule has 0 saturated heterocycles. The van der Waals surface area contributed by atoms with E-state index in [1.54, 1.807) is 17.8 Å². The Labute approximate surface area is 149 Å². The van der Waals surface area contributed by atoms with Crippen molar-refractivity contribution in [2.75, 3.05) is 11.1 Å². The number of nitro groups is 1. The van der Waals surface area contributed by atoms with Crippen molar-refractivity contribution in [1.29, 1.82) is 0 Å². The summed E-state index contributed by atoms with van der Waals surface area (Å²) in [6, 6.07) is 3.13. The van der Waals surface area contributed by atoms with E-state index in [2.05, 4.69) is 20.6 Å². The van der Waals surface area contributed by atoms with Gasteiger partial charge in [-0.1, -0.05) is 30.0 Å². The monoisotopic (exact) mass is 380 g/mol. The molecule has 130 valence electrons. The lowest BCUT2D eigenvalue weighted by atomic mass is 10.4. The SMILES string of the molecule is CCSc1nnc(NC(=O)c2ccc(Cn3cc([N+](=O)[O-])cn3)o2)s1. The minimum absolute atomic E-state index is 0.108. The van der Waals surface area contributed by atoms with Crippen LogP contribution < -0.4 is 5.32 Å². The lowest BCUT2D eigenvalue weighted by Gasteiger charge is -1.98. The number of amides is 1. The molecule has 12 heteroatoms. The summed E-state index contributed by atoms with van der Waals surface area (Å²) in [6.07, 6.45) is 2.44. The maximum absolute atomic E-state index is 12.2. The van der Waals surface area contributed by atoms with E-state index < -0.39 is 10.8 Å². The molecule has 0 spiro atoms. The van der Waals surface area contributed by atoms with Gasteiger partial charge in [0, 0.05) is 0 Å². The maximum Gasteiger partial charge on any atom is 0.307 e. The molecule has 0 aromatic carbocycles. The normalized spacial score (nSPS) is 10.8. The molecule has 1 N–H and O–H groups in total. The predicted molar refractivity (Wildman–Crippen MR) is 91.0 cm³/mol. The van der Waals surface area contributed by atoms with Gasteiger partial charge in [0.1, 0.15) is 18.2 Å². The van der Waals surface area contributed by atoms with E-state index in [0.29, 0.717) is 10.9 Å². The Balaban J connectivity index is 1.63. The molecule has 3 aromatic heterocycles. The van der Waals surface area contributed by atoms with Crippen molar-refractivity contribution in [3.63, 3.8) is 0 Å². The second-order valence-corrected chi connectivity index (χ2v) is 7.17. The number of hydrogen-bond donors (Lipinski definition) is 1. The molecule has 0 saturated carbocycles. The molecule has 0 aliphatic heterocycles. The number of thioether (sulfide) groups is 1. The molecular weight excluding hydrogens is 368 g/mol. The van der Waals surface area contributed by atoms with Crippen molar-refractivity contribution in [1.82, 2.24) is 20.0 Å². The highest BCUT2D eigenvalue weighted by atomic mass is 32.2. The van der Waals surface area contributed by atoms with Gasteiger partial charge in [0.2, 0.25) is 5.13 Å². The van der Waals surface area contributed by atoms with Crippen molar-refractivity contribution < 1.29 is 14.1 Å². The van der Waals surface area contributed by atoms with Crippen LogP contribution in [0.5, 0.6) is 0 Å². The number of aromatic nitrogens is 4. The highest BCUT2D eigenvalue weighted by Crippen LogP contribution is 2.25. The maximum atomic E-state index is 12.2. The van der Waals surface area contributed by atoms with Crippen molar-refractivity contribution in [2.45, 2.75) is 17.8 Å². The Morgan fingerprint density at radius 3 is 3.04 bits per heavy atom. The van der Waals surface area contributed by atoms with Gasteiger partial charge in [0.05, 0.1) is 11.5 Å². The van der Waals surface area contributed by atoms with E-state index in [1.807, 2.05) is 6.92 Å². The van der Waals surface area contributed by atoms with Crippen molar-refractivity contribution in [3.8, 4) is 0 Å². The Kier molecular flexibility index (Phi) is 5.09. The van der Waals surface area contributed by atoms with Crippen LogP contribution in [0.4, 0.5) is 10.8 Å². The summed E-state index contributed by atoms with van der Waals surface area (Å²) < 4.78 is 7.59. The summed E-state index contributed by atoms with van der Waals surface area (Å²) in [5, 5.41) is 25.4. The average Bonchev–Trinajstić information content (AvgIpc) is 3.29. The highest BCUT2D eigenvalue weighted by molar-refractivity contribution is 8.01. The number of carbonyl (C=O) groups excluding carboxylic acids is 1. The Hall–Kier alpha value is -2.73. The van der Waals surface area contributed by atoms with Crippen LogP contribution in [0.25, 0.3) is 0 Å². The van der Waals surface area contributed by atoms with Gasteiger partial charge < -0.3 is 4.42 Å². The Morgan fingerprint density at radius 2 is 2.32 bits per heavy atom. The van der Waals surface area contributed by atoms with Crippen LogP contribution in [-0.2, 0) is 6.54 Å². The number of furan rings is 1. The van der Waals surface area contributed by atoms with E-state index >= 15 is 0 Å². The molecule has 3 rings (SSSR count). The van der Waals surface area contributed by atoms with E-state index in [-0.39, 0.29) is 18.0 Å². The summed E-state index contributed by atoms with van der Waals surface area (Å²) in [4.78, 5) is 22.3. The Bertz CT molecular complexity index is 902. The summed E-state index contributed by atoms with van der Waals surface area (Å²) in [6.45, 7) is 2.18. The number of nitrogens with zero attached hydrogens (tertiary/aromatic N) is 5. The van der Waals surface area contributed by atoms with Crippen LogP contribution in [0.3, 0.4) is 0 Å². The molecule has 10 nitrogen and oxygen atoms in total. The number of rotatable bonds is 7. The van der Waals surface area contributed by atoms with Crippen molar-refractivity contribution >= 4 is 39.8 Å². The van der Waals surface area contributed by atoms with Crippen LogP contribution in [-0.4, -0.2) is 36.6 Å². The molecule has 1 amide bonds. The molecule has 0 atom stereocenters. The van der Waals surface area contributed by atoms with Gasteiger partial charge in [-0.3, -0.25) is 24.9 Å². The molecule has 0 unspecified atom stereocenters.